The highest BCUT2D eigenvalue weighted by Crippen LogP contribution is 2.32. The Balaban J connectivity index is 2.30. The van der Waals surface area contributed by atoms with Gasteiger partial charge in [-0.05, 0) is 53.0 Å². The van der Waals surface area contributed by atoms with E-state index in [1.54, 1.807) is 0 Å². The van der Waals surface area contributed by atoms with Crippen molar-refractivity contribution in [3.63, 3.8) is 0 Å². The predicted octanol–water partition coefficient (Wildman–Crippen LogP) is 2.38. The van der Waals surface area contributed by atoms with Crippen molar-refractivity contribution in [2.24, 2.45) is 5.73 Å². The number of nitrogens with zero attached hydrogens (tertiary/aromatic N) is 1. The molecule has 1 saturated carbocycles. The van der Waals surface area contributed by atoms with Crippen LogP contribution >= 0.6 is 0 Å². The Morgan fingerprint density at radius 2 is 1.93 bits per heavy atom. The Hall–Kier alpha value is -0.0800. The number of hydrogen-bond donors (Lipinski definition) is 1. The Labute approximate surface area is 88.8 Å². The van der Waals surface area contributed by atoms with Gasteiger partial charge in [-0.1, -0.05) is 6.92 Å². The van der Waals surface area contributed by atoms with Crippen LogP contribution in [0.1, 0.15) is 52.9 Å². The normalized spacial score (nSPS) is 21.0. The van der Waals surface area contributed by atoms with Gasteiger partial charge in [0.25, 0.3) is 0 Å². The SMILES string of the molecule is CCC(C)(C)N(C)CCC1(N)CCC1. The van der Waals surface area contributed by atoms with Crippen molar-refractivity contribution >= 4 is 0 Å². The first-order valence-corrected chi connectivity index (χ1v) is 5.90. The second-order valence-electron chi connectivity index (χ2n) is 5.55. The summed E-state index contributed by atoms with van der Waals surface area (Å²) in [5.41, 5.74) is 6.71. The minimum Gasteiger partial charge on any atom is -0.325 e. The first kappa shape index (κ1) is 12.0. The van der Waals surface area contributed by atoms with Crippen LogP contribution in [0.4, 0.5) is 0 Å². The summed E-state index contributed by atoms with van der Waals surface area (Å²) in [5.74, 6) is 0. The van der Waals surface area contributed by atoms with Gasteiger partial charge in [-0.2, -0.15) is 0 Å². The van der Waals surface area contributed by atoms with Crippen LogP contribution in [0.25, 0.3) is 0 Å². The van der Waals surface area contributed by atoms with Crippen molar-refractivity contribution in [1.82, 2.24) is 4.90 Å². The smallest absolute Gasteiger partial charge is 0.0166 e. The van der Waals surface area contributed by atoms with Crippen LogP contribution in [0.5, 0.6) is 0 Å². The molecule has 0 aliphatic heterocycles. The van der Waals surface area contributed by atoms with E-state index >= 15 is 0 Å². The van der Waals surface area contributed by atoms with E-state index in [2.05, 4.69) is 32.7 Å². The Morgan fingerprint density at radius 3 is 2.29 bits per heavy atom. The summed E-state index contributed by atoms with van der Waals surface area (Å²) in [6, 6.07) is 0. The van der Waals surface area contributed by atoms with Gasteiger partial charge in [0.15, 0.2) is 0 Å². The highest BCUT2D eigenvalue weighted by Gasteiger charge is 2.33. The third-order valence-electron chi connectivity index (χ3n) is 4.19. The molecule has 0 aromatic heterocycles. The Morgan fingerprint density at radius 1 is 1.36 bits per heavy atom. The fourth-order valence-electron chi connectivity index (χ4n) is 1.84. The molecule has 0 atom stereocenters. The molecule has 0 amide bonds. The fraction of sp³-hybridized carbons (Fsp3) is 1.00. The molecule has 84 valence electrons. The van der Waals surface area contributed by atoms with Gasteiger partial charge >= 0.3 is 0 Å². The molecule has 1 aliphatic carbocycles. The molecule has 0 unspecified atom stereocenters. The number of nitrogens with two attached hydrogens (primary N) is 1. The van der Waals surface area contributed by atoms with Gasteiger partial charge in [-0.3, -0.25) is 0 Å². The molecule has 1 fully saturated rings. The van der Waals surface area contributed by atoms with Crippen molar-refractivity contribution in [2.75, 3.05) is 13.6 Å². The minimum atomic E-state index is 0.179. The summed E-state index contributed by atoms with van der Waals surface area (Å²) < 4.78 is 0. The van der Waals surface area contributed by atoms with E-state index in [1.165, 1.54) is 25.7 Å². The van der Waals surface area contributed by atoms with Crippen LogP contribution in [-0.2, 0) is 0 Å². The van der Waals surface area contributed by atoms with E-state index in [-0.39, 0.29) is 5.54 Å². The monoisotopic (exact) mass is 198 g/mol. The molecular formula is C12H26N2. The zero-order chi connectivity index (χ0) is 10.8. The van der Waals surface area contributed by atoms with Crippen LogP contribution in [0.3, 0.4) is 0 Å². The van der Waals surface area contributed by atoms with E-state index in [9.17, 15) is 0 Å². The van der Waals surface area contributed by atoms with Gasteiger partial charge in [0.05, 0.1) is 0 Å². The van der Waals surface area contributed by atoms with Crippen LogP contribution in [0.2, 0.25) is 0 Å². The Bertz CT molecular complexity index is 183. The van der Waals surface area contributed by atoms with Crippen LogP contribution < -0.4 is 5.73 Å². The summed E-state index contributed by atoms with van der Waals surface area (Å²) >= 11 is 0. The first-order valence-electron chi connectivity index (χ1n) is 5.90. The van der Waals surface area contributed by atoms with Gasteiger partial charge in [0.1, 0.15) is 0 Å². The molecule has 2 nitrogen and oxygen atoms in total. The van der Waals surface area contributed by atoms with Gasteiger partial charge in [0.2, 0.25) is 0 Å². The second-order valence-corrected chi connectivity index (χ2v) is 5.55. The summed E-state index contributed by atoms with van der Waals surface area (Å²) in [5, 5.41) is 0. The molecule has 0 heterocycles. The summed E-state index contributed by atoms with van der Waals surface area (Å²) in [6.07, 6.45) is 6.15. The standard InChI is InChI=1S/C12H26N2/c1-5-11(2,3)14(4)10-9-12(13)7-6-8-12/h5-10,13H2,1-4H3. The van der Waals surface area contributed by atoms with E-state index in [4.69, 9.17) is 5.73 Å². The maximum Gasteiger partial charge on any atom is 0.0166 e. The van der Waals surface area contributed by atoms with Crippen molar-refractivity contribution in [3.8, 4) is 0 Å². The Kier molecular flexibility index (Phi) is 3.59. The van der Waals surface area contributed by atoms with Gasteiger partial charge in [-0.15, -0.1) is 0 Å². The molecule has 0 bridgehead atoms. The second kappa shape index (κ2) is 4.19. The van der Waals surface area contributed by atoms with Crippen molar-refractivity contribution in [1.29, 1.82) is 0 Å². The molecule has 0 aromatic rings. The highest BCUT2D eigenvalue weighted by molar-refractivity contribution is 4.93. The van der Waals surface area contributed by atoms with Crippen LogP contribution in [0.15, 0.2) is 0 Å². The number of rotatable bonds is 5. The fourth-order valence-corrected chi connectivity index (χ4v) is 1.84. The molecule has 2 N–H and O–H groups in total. The highest BCUT2D eigenvalue weighted by atomic mass is 15.2. The summed E-state index contributed by atoms with van der Waals surface area (Å²) in [4.78, 5) is 2.44. The van der Waals surface area contributed by atoms with Crippen molar-refractivity contribution in [3.05, 3.63) is 0 Å². The zero-order valence-electron chi connectivity index (χ0n) is 10.3. The van der Waals surface area contributed by atoms with E-state index in [1.807, 2.05) is 0 Å². The largest absolute Gasteiger partial charge is 0.325 e. The molecule has 2 heteroatoms. The lowest BCUT2D eigenvalue weighted by molar-refractivity contribution is 0.119. The lowest BCUT2D eigenvalue weighted by atomic mass is 9.75. The molecule has 1 rings (SSSR count). The van der Waals surface area contributed by atoms with E-state index < -0.39 is 0 Å². The molecule has 0 radical (unpaired) electrons. The molecule has 0 spiro atoms. The van der Waals surface area contributed by atoms with Crippen molar-refractivity contribution < 1.29 is 0 Å². The molecular weight excluding hydrogens is 172 g/mol. The summed E-state index contributed by atoms with van der Waals surface area (Å²) in [6.45, 7) is 7.99. The topological polar surface area (TPSA) is 29.3 Å². The third kappa shape index (κ3) is 2.71. The third-order valence-corrected chi connectivity index (χ3v) is 4.19. The molecule has 1 aliphatic rings. The molecule has 0 saturated heterocycles. The van der Waals surface area contributed by atoms with Gasteiger partial charge < -0.3 is 10.6 Å². The zero-order valence-corrected chi connectivity index (χ0v) is 10.3. The number of hydrogen-bond acceptors (Lipinski definition) is 2. The first-order chi connectivity index (χ1) is 6.40. The quantitative estimate of drug-likeness (QED) is 0.735. The van der Waals surface area contributed by atoms with Crippen LogP contribution in [-0.4, -0.2) is 29.6 Å². The molecule has 14 heavy (non-hydrogen) atoms. The van der Waals surface area contributed by atoms with E-state index in [0.29, 0.717) is 5.54 Å². The van der Waals surface area contributed by atoms with Gasteiger partial charge in [0, 0.05) is 17.6 Å². The maximum atomic E-state index is 6.21. The van der Waals surface area contributed by atoms with Crippen LogP contribution in [0, 0.1) is 0 Å². The average Bonchev–Trinajstić information content (AvgIpc) is 2.11. The maximum absolute atomic E-state index is 6.21. The van der Waals surface area contributed by atoms with Crippen molar-refractivity contribution in [2.45, 2.75) is 64.0 Å². The predicted molar refractivity (Wildman–Crippen MR) is 62.4 cm³/mol. The lowest BCUT2D eigenvalue weighted by Gasteiger charge is -2.42. The summed E-state index contributed by atoms with van der Waals surface area (Å²) in [7, 11) is 2.21. The minimum absolute atomic E-state index is 0.179. The average molecular weight is 198 g/mol. The van der Waals surface area contributed by atoms with Gasteiger partial charge in [-0.25, -0.2) is 0 Å². The lowest BCUT2D eigenvalue weighted by Crippen LogP contribution is -2.50. The van der Waals surface area contributed by atoms with E-state index in [0.717, 1.165) is 13.0 Å². The molecule has 0 aromatic carbocycles.